The Morgan fingerprint density at radius 3 is 1.79 bits per heavy atom. The standard InChI is InChI=1S/C49H28N2O/c1-6-19-39-31(13-1)32-14-2-7-20-40(32)49(39)41-21-8-3-15-33(41)34-26-25-30(28-42(34)49)48-50-43-22-9-4-17-37(43)46(51-48)38-18-11-12-29-24-27-36-35-16-5-10-23-44(35)52-47(36)45(29)38/h1-28H. The van der Waals surface area contributed by atoms with Crippen molar-refractivity contribution in [2.24, 2.45) is 0 Å². The molecule has 2 aliphatic rings. The Morgan fingerprint density at radius 2 is 1.04 bits per heavy atom. The van der Waals surface area contributed by atoms with Crippen molar-refractivity contribution in [1.29, 1.82) is 0 Å². The summed E-state index contributed by atoms with van der Waals surface area (Å²) in [6, 6.07) is 61.1. The minimum absolute atomic E-state index is 0.433. The lowest BCUT2D eigenvalue weighted by Gasteiger charge is -2.30. The van der Waals surface area contributed by atoms with Gasteiger partial charge in [-0.05, 0) is 74.2 Å². The van der Waals surface area contributed by atoms with Crippen LogP contribution in [-0.2, 0) is 5.41 Å². The quantitative estimate of drug-likeness (QED) is 0.185. The van der Waals surface area contributed by atoms with Crippen molar-refractivity contribution in [3.63, 3.8) is 0 Å². The first kappa shape index (κ1) is 27.9. The van der Waals surface area contributed by atoms with Gasteiger partial charge in [0.05, 0.1) is 16.6 Å². The van der Waals surface area contributed by atoms with E-state index in [1.54, 1.807) is 0 Å². The van der Waals surface area contributed by atoms with E-state index in [1.807, 2.05) is 12.1 Å². The van der Waals surface area contributed by atoms with Crippen LogP contribution in [0.25, 0.3) is 88.5 Å². The van der Waals surface area contributed by atoms with E-state index < -0.39 is 5.41 Å². The molecule has 1 spiro atoms. The average molecular weight is 661 g/mol. The van der Waals surface area contributed by atoms with Crippen LogP contribution in [0.4, 0.5) is 0 Å². The molecule has 0 fully saturated rings. The van der Waals surface area contributed by atoms with E-state index in [-0.39, 0.29) is 0 Å². The normalized spacial score (nSPS) is 13.5. The molecular weight excluding hydrogens is 633 g/mol. The fourth-order valence-corrected chi connectivity index (χ4v) is 9.39. The summed E-state index contributed by atoms with van der Waals surface area (Å²) in [4.78, 5) is 10.7. The second-order valence-electron chi connectivity index (χ2n) is 14.0. The van der Waals surface area contributed by atoms with Crippen molar-refractivity contribution in [2.45, 2.75) is 5.41 Å². The van der Waals surface area contributed by atoms with Gasteiger partial charge in [0, 0.05) is 32.7 Å². The van der Waals surface area contributed by atoms with Crippen LogP contribution in [-0.4, -0.2) is 9.97 Å². The maximum absolute atomic E-state index is 6.60. The van der Waals surface area contributed by atoms with E-state index in [0.29, 0.717) is 5.82 Å². The van der Waals surface area contributed by atoms with E-state index in [4.69, 9.17) is 14.4 Å². The van der Waals surface area contributed by atoms with Crippen molar-refractivity contribution in [3.05, 3.63) is 192 Å². The third-order valence-electron chi connectivity index (χ3n) is 11.5. The lowest BCUT2D eigenvalue weighted by atomic mass is 9.70. The Bertz CT molecular complexity index is 3090. The van der Waals surface area contributed by atoms with E-state index in [2.05, 4.69) is 158 Å². The van der Waals surface area contributed by atoms with Gasteiger partial charge in [-0.25, -0.2) is 9.97 Å². The smallest absolute Gasteiger partial charge is 0.160 e. The molecule has 240 valence electrons. The number of benzene rings is 8. The largest absolute Gasteiger partial charge is 0.455 e. The van der Waals surface area contributed by atoms with Crippen LogP contribution in [0.15, 0.2) is 174 Å². The molecule has 10 aromatic rings. The summed E-state index contributed by atoms with van der Waals surface area (Å²) >= 11 is 0. The molecule has 0 radical (unpaired) electrons. The third kappa shape index (κ3) is 3.49. The van der Waals surface area contributed by atoms with Crippen molar-refractivity contribution in [1.82, 2.24) is 9.97 Å². The number of hydrogen-bond acceptors (Lipinski definition) is 3. The molecule has 2 heterocycles. The number of rotatable bonds is 2. The molecule has 2 aromatic heterocycles. The second kappa shape index (κ2) is 10.1. The predicted octanol–water partition coefficient (Wildman–Crippen LogP) is 12.4. The molecule has 52 heavy (non-hydrogen) atoms. The zero-order valence-electron chi connectivity index (χ0n) is 28.0. The molecule has 0 unspecified atom stereocenters. The van der Waals surface area contributed by atoms with E-state index >= 15 is 0 Å². The summed E-state index contributed by atoms with van der Waals surface area (Å²) in [7, 11) is 0. The van der Waals surface area contributed by atoms with Crippen molar-refractivity contribution in [3.8, 4) is 44.9 Å². The van der Waals surface area contributed by atoms with Crippen molar-refractivity contribution < 1.29 is 4.42 Å². The molecule has 0 aliphatic heterocycles. The van der Waals surface area contributed by atoms with Gasteiger partial charge in [0.2, 0.25) is 0 Å². The molecular formula is C49H28N2O. The van der Waals surface area contributed by atoms with Gasteiger partial charge in [0.25, 0.3) is 0 Å². The number of furan rings is 1. The molecule has 8 aromatic carbocycles. The first-order valence-corrected chi connectivity index (χ1v) is 17.8. The molecule has 3 heteroatoms. The summed E-state index contributed by atoms with van der Waals surface area (Å²) in [6.45, 7) is 0. The van der Waals surface area contributed by atoms with E-state index in [1.165, 1.54) is 44.5 Å². The summed E-state index contributed by atoms with van der Waals surface area (Å²) in [5.74, 6) is 0.705. The number of para-hydroxylation sites is 2. The zero-order chi connectivity index (χ0) is 34.0. The van der Waals surface area contributed by atoms with Gasteiger partial charge in [-0.1, -0.05) is 146 Å². The second-order valence-corrected chi connectivity index (χ2v) is 14.0. The molecule has 2 aliphatic carbocycles. The monoisotopic (exact) mass is 660 g/mol. The maximum Gasteiger partial charge on any atom is 0.160 e. The summed E-state index contributed by atoms with van der Waals surface area (Å²) in [5, 5.41) is 5.41. The Balaban J connectivity index is 1.14. The Hall–Kier alpha value is -6.84. The lowest BCUT2D eigenvalue weighted by Crippen LogP contribution is -2.25. The fourth-order valence-electron chi connectivity index (χ4n) is 9.39. The molecule has 0 bridgehead atoms. The molecule has 0 N–H and O–H groups in total. The van der Waals surface area contributed by atoms with Crippen LogP contribution in [0.1, 0.15) is 22.3 Å². The summed E-state index contributed by atoms with van der Waals surface area (Å²) in [5.41, 5.74) is 15.5. The minimum atomic E-state index is -0.433. The van der Waals surface area contributed by atoms with Gasteiger partial charge < -0.3 is 4.42 Å². The average Bonchev–Trinajstić information content (AvgIpc) is 3.84. The van der Waals surface area contributed by atoms with Crippen LogP contribution in [0.2, 0.25) is 0 Å². The highest BCUT2D eigenvalue weighted by molar-refractivity contribution is 6.20. The predicted molar refractivity (Wildman–Crippen MR) is 211 cm³/mol. The van der Waals surface area contributed by atoms with Crippen molar-refractivity contribution in [2.75, 3.05) is 0 Å². The van der Waals surface area contributed by atoms with Gasteiger partial charge in [0.1, 0.15) is 11.2 Å². The first-order chi connectivity index (χ1) is 25.8. The van der Waals surface area contributed by atoms with Gasteiger partial charge in [-0.3, -0.25) is 0 Å². The lowest BCUT2D eigenvalue weighted by molar-refractivity contribution is 0.673. The van der Waals surface area contributed by atoms with Gasteiger partial charge in [0.15, 0.2) is 5.82 Å². The summed E-state index contributed by atoms with van der Waals surface area (Å²) < 4.78 is 6.60. The van der Waals surface area contributed by atoms with Crippen LogP contribution in [0.5, 0.6) is 0 Å². The maximum atomic E-state index is 6.60. The molecule has 3 nitrogen and oxygen atoms in total. The highest BCUT2D eigenvalue weighted by atomic mass is 16.3. The molecule has 0 saturated heterocycles. The Morgan fingerprint density at radius 1 is 0.423 bits per heavy atom. The van der Waals surface area contributed by atoms with E-state index in [0.717, 1.165) is 60.4 Å². The highest BCUT2D eigenvalue weighted by Crippen LogP contribution is 2.63. The van der Waals surface area contributed by atoms with Crippen molar-refractivity contribution >= 4 is 43.6 Å². The SMILES string of the molecule is c1ccc2c(c1)-c1ccccc1C21c2ccccc2-c2ccc(-c3nc(-c4cccc5ccc6c7ccccc7oc6c45)c4ccccc4n3)cc21. The third-order valence-corrected chi connectivity index (χ3v) is 11.5. The minimum Gasteiger partial charge on any atom is -0.455 e. The zero-order valence-corrected chi connectivity index (χ0v) is 28.0. The highest BCUT2D eigenvalue weighted by Gasteiger charge is 2.51. The molecule has 0 atom stereocenters. The fraction of sp³-hybridized carbons (Fsp3) is 0.0204. The first-order valence-electron chi connectivity index (χ1n) is 17.8. The van der Waals surface area contributed by atoms with Crippen LogP contribution < -0.4 is 0 Å². The molecule has 0 amide bonds. The number of hydrogen-bond donors (Lipinski definition) is 0. The van der Waals surface area contributed by atoms with Gasteiger partial charge in [-0.15, -0.1) is 0 Å². The van der Waals surface area contributed by atoms with Crippen LogP contribution in [0.3, 0.4) is 0 Å². The Kier molecular flexibility index (Phi) is 5.43. The molecule has 0 saturated carbocycles. The topological polar surface area (TPSA) is 38.9 Å². The molecule has 12 rings (SSSR count). The van der Waals surface area contributed by atoms with Crippen LogP contribution >= 0.6 is 0 Å². The Labute approximate surface area is 299 Å². The number of fused-ring (bicyclic) bond motifs is 16. The van der Waals surface area contributed by atoms with Gasteiger partial charge >= 0.3 is 0 Å². The van der Waals surface area contributed by atoms with Gasteiger partial charge in [-0.2, -0.15) is 0 Å². The number of nitrogens with zero attached hydrogens (tertiary/aromatic N) is 2. The number of aromatic nitrogens is 2. The van der Waals surface area contributed by atoms with Crippen LogP contribution in [0, 0.1) is 0 Å². The summed E-state index contributed by atoms with van der Waals surface area (Å²) in [6.07, 6.45) is 0. The van der Waals surface area contributed by atoms with E-state index in [9.17, 15) is 0 Å².